The molecule has 0 spiro atoms. The Morgan fingerprint density at radius 1 is 1.40 bits per heavy atom. The third kappa shape index (κ3) is 4.26. The van der Waals surface area contributed by atoms with Gasteiger partial charge in [0.2, 0.25) is 0 Å². The van der Waals surface area contributed by atoms with Crippen LogP contribution in [0.4, 0.5) is 0 Å². The summed E-state index contributed by atoms with van der Waals surface area (Å²) < 4.78 is 4.98. The number of esters is 1. The van der Waals surface area contributed by atoms with Crippen molar-refractivity contribution < 1.29 is 14.3 Å². The van der Waals surface area contributed by atoms with Crippen molar-refractivity contribution in [2.45, 2.75) is 26.7 Å². The summed E-state index contributed by atoms with van der Waals surface area (Å²) in [5.41, 5.74) is 0.0986. The van der Waals surface area contributed by atoms with E-state index in [0.717, 1.165) is 0 Å². The van der Waals surface area contributed by atoms with E-state index in [0.29, 0.717) is 39.1 Å². The second kappa shape index (κ2) is 8.20. The van der Waals surface area contributed by atoms with E-state index in [1.807, 2.05) is 13.0 Å². The first kappa shape index (κ1) is 16.0. The molecule has 1 fully saturated rings. The first-order valence-electron chi connectivity index (χ1n) is 6.93. The molecule has 110 valence electrons. The van der Waals surface area contributed by atoms with Crippen molar-refractivity contribution in [3.63, 3.8) is 0 Å². The van der Waals surface area contributed by atoms with Gasteiger partial charge in [-0.3, -0.25) is 9.59 Å². The molecule has 6 heteroatoms. The minimum atomic E-state index is -0.282. The highest BCUT2D eigenvalue weighted by molar-refractivity contribution is 5.97. The van der Waals surface area contributed by atoms with Gasteiger partial charge in [-0.15, -0.1) is 0 Å². The van der Waals surface area contributed by atoms with Crippen LogP contribution >= 0.6 is 0 Å². The molecule has 0 aromatic heterocycles. The number of nitriles is 1. The highest BCUT2D eigenvalue weighted by Gasteiger charge is 2.29. The highest BCUT2D eigenvalue weighted by atomic mass is 16.5. The Morgan fingerprint density at radius 3 is 2.55 bits per heavy atom. The van der Waals surface area contributed by atoms with Crippen LogP contribution in [0.3, 0.4) is 0 Å². The number of carbonyl (C=O) groups excluding carboxylic acids is 2. The average Bonchev–Trinajstić information content (AvgIpc) is 2.48. The van der Waals surface area contributed by atoms with Gasteiger partial charge in [0.15, 0.2) is 0 Å². The Hall–Kier alpha value is -2.03. The van der Waals surface area contributed by atoms with Crippen LogP contribution in [-0.2, 0) is 14.3 Å². The van der Waals surface area contributed by atoms with Crippen molar-refractivity contribution in [1.82, 2.24) is 10.2 Å². The number of piperidine rings is 1. The summed E-state index contributed by atoms with van der Waals surface area (Å²) in [7, 11) is 0. The smallest absolute Gasteiger partial charge is 0.309 e. The Morgan fingerprint density at radius 2 is 2.05 bits per heavy atom. The second-order valence-corrected chi connectivity index (χ2v) is 4.55. The summed E-state index contributed by atoms with van der Waals surface area (Å²) in [5, 5.41) is 11.8. The van der Waals surface area contributed by atoms with E-state index < -0.39 is 0 Å². The van der Waals surface area contributed by atoms with Gasteiger partial charge in [0.05, 0.1) is 12.5 Å². The molecule has 1 aliphatic rings. The maximum atomic E-state index is 12.1. The van der Waals surface area contributed by atoms with Crippen molar-refractivity contribution in [1.29, 1.82) is 5.26 Å². The van der Waals surface area contributed by atoms with Gasteiger partial charge in [-0.05, 0) is 26.7 Å². The van der Waals surface area contributed by atoms with Crippen LogP contribution in [0.1, 0.15) is 26.7 Å². The van der Waals surface area contributed by atoms with Crippen molar-refractivity contribution in [3.05, 3.63) is 11.8 Å². The molecule has 1 heterocycles. The van der Waals surface area contributed by atoms with E-state index in [1.54, 1.807) is 11.8 Å². The standard InChI is InChI=1S/C14H21N3O3/c1-3-16-10-12(9-15)13(18)17-7-5-11(6-8-17)14(19)20-4-2/h10-11,16H,3-8H2,1-2H3/b12-10-. The number of carbonyl (C=O) groups is 2. The van der Waals surface area contributed by atoms with Gasteiger partial charge in [-0.2, -0.15) is 5.26 Å². The van der Waals surface area contributed by atoms with Crippen molar-refractivity contribution in [2.75, 3.05) is 26.2 Å². The lowest BCUT2D eigenvalue weighted by molar-refractivity contribution is -0.150. The fourth-order valence-electron chi connectivity index (χ4n) is 2.09. The predicted molar refractivity (Wildman–Crippen MR) is 73.3 cm³/mol. The lowest BCUT2D eigenvalue weighted by Crippen LogP contribution is -2.41. The lowest BCUT2D eigenvalue weighted by Gasteiger charge is -2.30. The monoisotopic (exact) mass is 279 g/mol. The number of ether oxygens (including phenoxy) is 1. The molecule has 20 heavy (non-hydrogen) atoms. The maximum absolute atomic E-state index is 12.1. The SMILES string of the molecule is CCN/C=C(/C#N)C(=O)N1CCC(C(=O)OCC)CC1. The highest BCUT2D eigenvalue weighted by Crippen LogP contribution is 2.19. The lowest BCUT2D eigenvalue weighted by atomic mass is 9.96. The van der Waals surface area contributed by atoms with Crippen molar-refractivity contribution in [2.24, 2.45) is 5.92 Å². The summed E-state index contributed by atoms with van der Waals surface area (Å²) in [4.78, 5) is 25.3. The number of rotatable bonds is 5. The molecule has 0 aromatic rings. The summed E-state index contributed by atoms with van der Waals surface area (Å²) in [6.07, 6.45) is 2.62. The number of hydrogen-bond acceptors (Lipinski definition) is 5. The largest absolute Gasteiger partial charge is 0.466 e. The van der Waals surface area contributed by atoms with Crippen LogP contribution in [0.2, 0.25) is 0 Å². The zero-order valence-electron chi connectivity index (χ0n) is 12.0. The second-order valence-electron chi connectivity index (χ2n) is 4.55. The molecule has 1 amide bonds. The first-order valence-corrected chi connectivity index (χ1v) is 6.93. The van der Waals surface area contributed by atoms with Gasteiger partial charge < -0.3 is 15.0 Å². The molecule has 1 rings (SSSR count). The summed E-state index contributed by atoms with van der Waals surface area (Å²) in [6.45, 7) is 5.66. The van der Waals surface area contributed by atoms with Crippen LogP contribution in [0.15, 0.2) is 11.8 Å². The van der Waals surface area contributed by atoms with Crippen LogP contribution in [0.5, 0.6) is 0 Å². The van der Waals surface area contributed by atoms with E-state index >= 15 is 0 Å². The topological polar surface area (TPSA) is 82.4 Å². The number of hydrogen-bond donors (Lipinski definition) is 1. The van der Waals surface area contributed by atoms with E-state index in [2.05, 4.69) is 5.32 Å². The Balaban J connectivity index is 2.54. The molecule has 0 aromatic carbocycles. The molecule has 1 N–H and O–H groups in total. The van der Waals surface area contributed by atoms with Gasteiger partial charge >= 0.3 is 5.97 Å². The minimum Gasteiger partial charge on any atom is -0.466 e. The zero-order chi connectivity index (χ0) is 15.0. The number of likely N-dealkylation sites (tertiary alicyclic amines) is 1. The van der Waals surface area contributed by atoms with Gasteiger partial charge in [0, 0.05) is 25.8 Å². The first-order chi connectivity index (χ1) is 9.63. The third-order valence-corrected chi connectivity index (χ3v) is 3.20. The van der Waals surface area contributed by atoms with Gasteiger partial charge in [0.25, 0.3) is 5.91 Å². The molecule has 6 nitrogen and oxygen atoms in total. The minimum absolute atomic E-state index is 0.0986. The normalized spacial score (nSPS) is 16.4. The molecule has 0 saturated carbocycles. The molecule has 0 atom stereocenters. The fourth-order valence-corrected chi connectivity index (χ4v) is 2.09. The van der Waals surface area contributed by atoms with E-state index in [-0.39, 0.29) is 23.4 Å². The molecule has 0 unspecified atom stereocenters. The number of amides is 1. The molecular weight excluding hydrogens is 258 g/mol. The Kier molecular flexibility index (Phi) is 6.57. The van der Waals surface area contributed by atoms with Crippen LogP contribution < -0.4 is 5.32 Å². The average molecular weight is 279 g/mol. The van der Waals surface area contributed by atoms with Crippen LogP contribution in [-0.4, -0.2) is 43.0 Å². The predicted octanol–water partition coefficient (Wildman–Crippen LogP) is 0.805. The van der Waals surface area contributed by atoms with E-state index in [4.69, 9.17) is 10.00 Å². The molecule has 0 radical (unpaired) electrons. The van der Waals surface area contributed by atoms with Gasteiger partial charge in [-0.25, -0.2) is 0 Å². The van der Waals surface area contributed by atoms with Crippen LogP contribution in [0, 0.1) is 17.2 Å². The quantitative estimate of drug-likeness (QED) is 0.457. The van der Waals surface area contributed by atoms with Crippen molar-refractivity contribution in [3.8, 4) is 6.07 Å². The molecule has 1 saturated heterocycles. The van der Waals surface area contributed by atoms with Gasteiger partial charge in [0.1, 0.15) is 11.6 Å². The van der Waals surface area contributed by atoms with Gasteiger partial charge in [-0.1, -0.05) is 0 Å². The molecule has 0 bridgehead atoms. The van der Waals surface area contributed by atoms with E-state index in [1.165, 1.54) is 6.20 Å². The fraction of sp³-hybridized carbons (Fsp3) is 0.643. The molecule has 0 aliphatic carbocycles. The summed E-state index contributed by atoms with van der Waals surface area (Å²) in [6, 6.07) is 1.90. The Labute approximate surface area is 119 Å². The maximum Gasteiger partial charge on any atom is 0.309 e. The number of nitrogens with zero attached hydrogens (tertiary/aromatic N) is 2. The molecular formula is C14H21N3O3. The third-order valence-electron chi connectivity index (χ3n) is 3.20. The molecule has 1 aliphatic heterocycles. The number of nitrogens with one attached hydrogen (secondary N) is 1. The van der Waals surface area contributed by atoms with Crippen LogP contribution in [0.25, 0.3) is 0 Å². The van der Waals surface area contributed by atoms with Crippen molar-refractivity contribution >= 4 is 11.9 Å². The van der Waals surface area contributed by atoms with E-state index in [9.17, 15) is 9.59 Å². The summed E-state index contributed by atoms with van der Waals surface area (Å²) in [5.74, 6) is -0.610. The Bertz CT molecular complexity index is 418. The zero-order valence-corrected chi connectivity index (χ0v) is 12.0. The summed E-state index contributed by atoms with van der Waals surface area (Å²) >= 11 is 0.